The third-order valence-electron chi connectivity index (χ3n) is 6.03. The summed E-state index contributed by atoms with van der Waals surface area (Å²) in [6.07, 6.45) is 4.04. The number of carbonyl (C=O) groups is 2. The van der Waals surface area contributed by atoms with Crippen LogP contribution in [0, 0.1) is 5.41 Å². The van der Waals surface area contributed by atoms with Crippen LogP contribution in [0.4, 0.5) is 16.6 Å². The lowest BCUT2D eigenvalue weighted by atomic mass is 10.2. The highest BCUT2D eigenvalue weighted by Gasteiger charge is 2.22. The zero-order valence-electron chi connectivity index (χ0n) is 21.2. The van der Waals surface area contributed by atoms with Gasteiger partial charge in [0, 0.05) is 51.9 Å². The van der Waals surface area contributed by atoms with E-state index in [2.05, 4.69) is 30.9 Å². The molecular formula is C24H26ClN9O5. The van der Waals surface area contributed by atoms with Crippen molar-refractivity contribution in [2.24, 2.45) is 7.05 Å². The lowest BCUT2D eigenvalue weighted by molar-refractivity contribution is -0.127. The second-order valence-electron chi connectivity index (χ2n) is 8.85. The van der Waals surface area contributed by atoms with Crippen LogP contribution in [-0.4, -0.2) is 81.7 Å². The summed E-state index contributed by atoms with van der Waals surface area (Å²) >= 11 is 6.66. The van der Waals surface area contributed by atoms with Gasteiger partial charge in [-0.05, 0) is 6.07 Å². The van der Waals surface area contributed by atoms with Gasteiger partial charge in [-0.2, -0.15) is 4.98 Å². The smallest absolute Gasteiger partial charge is 0.413 e. The fourth-order valence-corrected chi connectivity index (χ4v) is 4.31. The summed E-state index contributed by atoms with van der Waals surface area (Å²) in [6.45, 7) is 2.13. The molecule has 0 radical (unpaired) electrons. The van der Waals surface area contributed by atoms with Crippen LogP contribution < -0.4 is 20.7 Å². The quantitative estimate of drug-likeness (QED) is 0.201. The maximum atomic E-state index is 12.3. The van der Waals surface area contributed by atoms with Crippen molar-refractivity contribution in [1.29, 1.82) is 5.41 Å². The summed E-state index contributed by atoms with van der Waals surface area (Å²) in [5, 5.41) is 17.0. The van der Waals surface area contributed by atoms with Crippen LogP contribution in [-0.2, 0) is 21.3 Å². The number of carbonyl (C=O) groups excluding carboxylic acids is 2. The molecule has 2 aliphatic rings. The van der Waals surface area contributed by atoms with Crippen molar-refractivity contribution in [2.75, 3.05) is 44.0 Å². The molecule has 2 fully saturated rings. The molecule has 4 N–H and O–H groups in total. The molecule has 204 valence electrons. The molecule has 2 saturated heterocycles. The molecule has 5 rings (SSSR count). The number of nitrogens with one attached hydrogen (secondary N) is 4. The van der Waals surface area contributed by atoms with Crippen LogP contribution in [0.3, 0.4) is 0 Å². The minimum atomic E-state index is -0.636. The Morgan fingerprint density at radius 3 is 2.97 bits per heavy atom. The fourth-order valence-electron chi connectivity index (χ4n) is 4.01. The number of fused-ring (bicyclic) bond motifs is 1. The number of likely N-dealkylation sites (N-methyl/N-ethyl adjacent to an activating group) is 1. The van der Waals surface area contributed by atoms with Crippen LogP contribution >= 0.6 is 11.6 Å². The Bertz CT molecular complexity index is 1470. The normalized spacial score (nSPS) is 18.2. The van der Waals surface area contributed by atoms with Gasteiger partial charge in [0.15, 0.2) is 11.4 Å². The number of imidazole rings is 1. The molecule has 0 aromatic carbocycles. The number of hydrogen-bond acceptors (Lipinski definition) is 10. The van der Waals surface area contributed by atoms with Crippen molar-refractivity contribution in [3.8, 4) is 11.5 Å². The molecule has 14 nitrogen and oxygen atoms in total. The van der Waals surface area contributed by atoms with E-state index in [4.69, 9.17) is 31.2 Å². The Kier molecular flexibility index (Phi) is 7.47. The van der Waals surface area contributed by atoms with E-state index >= 15 is 0 Å². The third kappa shape index (κ3) is 5.86. The highest BCUT2D eigenvalue weighted by Crippen LogP contribution is 2.35. The second kappa shape index (κ2) is 11.1. The Labute approximate surface area is 227 Å². The molecule has 0 unspecified atom stereocenters. The molecule has 0 spiro atoms. The van der Waals surface area contributed by atoms with Crippen LogP contribution in [0.25, 0.3) is 11.2 Å². The Morgan fingerprint density at radius 1 is 1.33 bits per heavy atom. The topological polar surface area (TPSA) is 169 Å². The number of rotatable bonds is 6. The lowest BCUT2D eigenvalue weighted by Crippen LogP contribution is -2.44. The minimum Gasteiger partial charge on any atom is -0.454 e. The number of nitrogens with zero attached hydrogens (tertiary/aromatic N) is 5. The molecule has 3 aromatic rings. The first-order chi connectivity index (χ1) is 18.8. The molecule has 5 heterocycles. The Balaban J connectivity index is 1.30. The van der Waals surface area contributed by atoms with Gasteiger partial charge in [0.05, 0.1) is 19.4 Å². The number of halogens is 1. The highest BCUT2D eigenvalue weighted by atomic mass is 35.5. The summed E-state index contributed by atoms with van der Waals surface area (Å²) in [6, 6.07) is 3.13. The van der Waals surface area contributed by atoms with E-state index in [1.54, 1.807) is 29.6 Å². The number of piperazine rings is 1. The number of pyridine rings is 2. The lowest BCUT2D eigenvalue weighted by Gasteiger charge is -2.25. The van der Waals surface area contributed by atoms with Gasteiger partial charge in [0.25, 0.3) is 5.91 Å². The highest BCUT2D eigenvalue weighted by molar-refractivity contribution is 6.36. The summed E-state index contributed by atoms with van der Waals surface area (Å²) < 4.78 is 18.1. The standard InChI is InChI=1S/C24H26ClN9O5/c1-33-7-6-27-15(22(33)35)10-17(26)30-23-32-21-20(34(23)2)19(25)16(11-29-21)38-13-3-5-28-18(9-13)31-24(36)39-14-4-8-37-12-14/h3,5,9-11,14,27H,4,6-8,12H2,1-2H3,(H,28,31,36)(H2,26,29,30,32)/b15-10-/t14-/m1/s1. The van der Waals surface area contributed by atoms with Gasteiger partial charge in [0.1, 0.15) is 39.7 Å². The van der Waals surface area contributed by atoms with Crippen LogP contribution in [0.15, 0.2) is 36.3 Å². The predicted molar refractivity (Wildman–Crippen MR) is 142 cm³/mol. The number of amidine groups is 1. The molecule has 1 atom stereocenters. The molecule has 0 saturated carbocycles. The van der Waals surface area contributed by atoms with Crippen molar-refractivity contribution in [1.82, 2.24) is 29.7 Å². The maximum absolute atomic E-state index is 12.3. The number of anilines is 2. The largest absolute Gasteiger partial charge is 0.454 e. The molecule has 39 heavy (non-hydrogen) atoms. The van der Waals surface area contributed by atoms with Gasteiger partial charge < -0.3 is 34.3 Å². The third-order valence-corrected chi connectivity index (χ3v) is 6.40. The monoisotopic (exact) mass is 555 g/mol. The molecule has 2 amide bonds. The number of hydrogen-bond donors (Lipinski definition) is 4. The number of aryl methyl sites for hydroxylation is 1. The molecule has 0 bridgehead atoms. The van der Waals surface area contributed by atoms with Crippen LogP contribution in [0.5, 0.6) is 11.5 Å². The zero-order valence-corrected chi connectivity index (χ0v) is 21.9. The van der Waals surface area contributed by atoms with Crippen molar-refractivity contribution in [3.63, 3.8) is 0 Å². The second-order valence-corrected chi connectivity index (χ2v) is 9.23. The molecule has 15 heteroatoms. The molecule has 3 aromatic heterocycles. The van der Waals surface area contributed by atoms with Gasteiger partial charge in [-0.1, -0.05) is 11.6 Å². The van der Waals surface area contributed by atoms with Gasteiger partial charge in [0.2, 0.25) is 5.95 Å². The van der Waals surface area contributed by atoms with Crippen molar-refractivity contribution < 1.29 is 23.8 Å². The number of ether oxygens (including phenoxy) is 3. The average Bonchev–Trinajstić information content (AvgIpc) is 3.52. The predicted octanol–water partition coefficient (Wildman–Crippen LogP) is 2.48. The van der Waals surface area contributed by atoms with E-state index in [0.29, 0.717) is 61.3 Å². The first-order valence-electron chi connectivity index (χ1n) is 12.1. The first kappa shape index (κ1) is 26.2. The average molecular weight is 556 g/mol. The van der Waals surface area contributed by atoms with E-state index in [-0.39, 0.29) is 34.4 Å². The zero-order chi connectivity index (χ0) is 27.5. The minimum absolute atomic E-state index is 0.0389. The molecular weight excluding hydrogens is 530 g/mol. The first-order valence-corrected chi connectivity index (χ1v) is 12.4. The number of aromatic nitrogens is 4. The van der Waals surface area contributed by atoms with E-state index < -0.39 is 6.09 Å². The van der Waals surface area contributed by atoms with Gasteiger partial charge >= 0.3 is 6.09 Å². The fraction of sp³-hybridized carbons (Fsp3) is 0.333. The maximum Gasteiger partial charge on any atom is 0.413 e. The van der Waals surface area contributed by atoms with E-state index in [1.807, 2.05) is 0 Å². The SMILES string of the molecule is CN1CCN/C(=C\C(=N)Nc2nc3ncc(Oc4ccnc(NC(=O)O[C@@H]5CCOC5)c4)c(Cl)c3n2C)C1=O. The van der Waals surface area contributed by atoms with Gasteiger partial charge in [-0.15, -0.1) is 0 Å². The van der Waals surface area contributed by atoms with Crippen LogP contribution in [0.2, 0.25) is 5.02 Å². The summed E-state index contributed by atoms with van der Waals surface area (Å²) in [4.78, 5) is 38.9. The summed E-state index contributed by atoms with van der Waals surface area (Å²) in [5.41, 5.74) is 1.12. The molecule has 0 aliphatic carbocycles. The summed E-state index contributed by atoms with van der Waals surface area (Å²) in [7, 11) is 3.42. The van der Waals surface area contributed by atoms with Gasteiger partial charge in [-0.3, -0.25) is 15.5 Å². The van der Waals surface area contributed by atoms with Gasteiger partial charge in [-0.25, -0.2) is 14.8 Å². The van der Waals surface area contributed by atoms with Crippen molar-refractivity contribution in [3.05, 3.63) is 41.3 Å². The van der Waals surface area contributed by atoms with E-state index in [1.165, 1.54) is 24.5 Å². The van der Waals surface area contributed by atoms with Crippen molar-refractivity contribution >= 4 is 52.4 Å². The van der Waals surface area contributed by atoms with E-state index in [0.717, 1.165) is 0 Å². The molecule has 2 aliphatic heterocycles. The summed E-state index contributed by atoms with van der Waals surface area (Å²) in [5.74, 6) is 0.909. The van der Waals surface area contributed by atoms with Crippen LogP contribution in [0.1, 0.15) is 6.42 Å². The number of amides is 2. The Hall–Kier alpha value is -4.43. The Morgan fingerprint density at radius 2 is 2.18 bits per heavy atom. The van der Waals surface area contributed by atoms with E-state index in [9.17, 15) is 9.59 Å². The van der Waals surface area contributed by atoms with Crippen molar-refractivity contribution in [2.45, 2.75) is 12.5 Å².